The van der Waals surface area contributed by atoms with E-state index < -0.39 is 0 Å². The SMILES string of the molecule is O=C1c2ccccc2-c2nc(-c3ccccn3)cc(-c3ccc(Cl)cc3)c21. The topological polar surface area (TPSA) is 42.9 Å². The third kappa shape index (κ3) is 2.56. The van der Waals surface area contributed by atoms with Crippen LogP contribution in [0.2, 0.25) is 5.02 Å². The normalized spacial score (nSPS) is 12.0. The van der Waals surface area contributed by atoms with Gasteiger partial charge in [0.05, 0.1) is 22.6 Å². The highest BCUT2D eigenvalue weighted by Gasteiger charge is 2.31. The Morgan fingerprint density at radius 1 is 0.741 bits per heavy atom. The summed E-state index contributed by atoms with van der Waals surface area (Å²) in [5, 5.41) is 0.656. The van der Waals surface area contributed by atoms with Gasteiger partial charge in [0.25, 0.3) is 0 Å². The number of rotatable bonds is 2. The molecule has 0 amide bonds. The largest absolute Gasteiger partial charge is 0.288 e. The van der Waals surface area contributed by atoms with Gasteiger partial charge in [-0.2, -0.15) is 0 Å². The number of hydrogen-bond donors (Lipinski definition) is 0. The summed E-state index contributed by atoms with van der Waals surface area (Å²) in [6, 6.07) is 22.8. The van der Waals surface area contributed by atoms with Crippen LogP contribution in [-0.4, -0.2) is 15.8 Å². The predicted octanol–water partition coefficient (Wildman–Crippen LogP) is 5.68. The fourth-order valence-electron chi connectivity index (χ4n) is 3.49. The second-order valence-electron chi connectivity index (χ2n) is 6.38. The van der Waals surface area contributed by atoms with E-state index in [9.17, 15) is 4.79 Å². The van der Waals surface area contributed by atoms with Gasteiger partial charge in [0.2, 0.25) is 0 Å². The molecule has 5 rings (SSSR count). The van der Waals surface area contributed by atoms with Gasteiger partial charge in [0.1, 0.15) is 0 Å². The molecule has 4 heteroatoms. The molecule has 1 aliphatic carbocycles. The lowest BCUT2D eigenvalue weighted by atomic mass is 9.96. The van der Waals surface area contributed by atoms with Crippen molar-refractivity contribution in [2.24, 2.45) is 0 Å². The number of carbonyl (C=O) groups is 1. The fourth-order valence-corrected chi connectivity index (χ4v) is 3.62. The summed E-state index contributed by atoms with van der Waals surface area (Å²) in [4.78, 5) is 22.4. The quantitative estimate of drug-likeness (QED) is 0.403. The maximum Gasteiger partial charge on any atom is 0.196 e. The summed E-state index contributed by atoms with van der Waals surface area (Å²) in [5.74, 6) is 0.00520. The van der Waals surface area contributed by atoms with Crippen molar-refractivity contribution in [3.05, 3.63) is 95.1 Å². The number of hydrogen-bond acceptors (Lipinski definition) is 3. The van der Waals surface area contributed by atoms with E-state index in [4.69, 9.17) is 16.6 Å². The zero-order valence-electron chi connectivity index (χ0n) is 14.2. The molecule has 0 spiro atoms. The molecule has 0 saturated heterocycles. The van der Waals surface area contributed by atoms with Crippen molar-refractivity contribution in [1.82, 2.24) is 9.97 Å². The first-order valence-corrected chi connectivity index (χ1v) is 8.96. The molecule has 0 N–H and O–H groups in total. The molecule has 0 atom stereocenters. The lowest BCUT2D eigenvalue weighted by Crippen LogP contribution is -2.00. The second kappa shape index (κ2) is 6.15. The van der Waals surface area contributed by atoms with Gasteiger partial charge in [0, 0.05) is 22.3 Å². The summed E-state index contributed by atoms with van der Waals surface area (Å²) in [7, 11) is 0. The Morgan fingerprint density at radius 3 is 2.22 bits per heavy atom. The molecule has 0 bridgehead atoms. The van der Waals surface area contributed by atoms with Crippen LogP contribution in [0.25, 0.3) is 33.8 Å². The monoisotopic (exact) mass is 368 g/mol. The van der Waals surface area contributed by atoms with Crippen LogP contribution in [0.1, 0.15) is 15.9 Å². The Morgan fingerprint density at radius 2 is 1.48 bits per heavy atom. The highest BCUT2D eigenvalue weighted by molar-refractivity contribution is 6.30. The molecule has 0 unspecified atom stereocenters. The van der Waals surface area contributed by atoms with Crippen LogP contribution in [-0.2, 0) is 0 Å². The highest BCUT2D eigenvalue weighted by atomic mass is 35.5. The fraction of sp³-hybridized carbons (Fsp3) is 0. The Bertz CT molecular complexity index is 1180. The number of carbonyl (C=O) groups excluding carboxylic acids is 1. The Labute approximate surface area is 161 Å². The van der Waals surface area contributed by atoms with Crippen molar-refractivity contribution in [1.29, 1.82) is 0 Å². The molecule has 4 aromatic rings. The van der Waals surface area contributed by atoms with Gasteiger partial charge in [-0.1, -0.05) is 54.1 Å². The molecule has 0 aliphatic heterocycles. The van der Waals surface area contributed by atoms with E-state index in [2.05, 4.69) is 4.98 Å². The van der Waals surface area contributed by atoms with Crippen LogP contribution in [0.15, 0.2) is 79.0 Å². The lowest BCUT2D eigenvalue weighted by molar-refractivity contribution is 0.104. The van der Waals surface area contributed by atoms with Crippen LogP contribution >= 0.6 is 11.6 Å². The molecule has 0 radical (unpaired) electrons. The van der Waals surface area contributed by atoms with Gasteiger partial charge in [-0.15, -0.1) is 0 Å². The zero-order valence-corrected chi connectivity index (χ0v) is 14.9. The molecule has 0 fully saturated rings. The minimum Gasteiger partial charge on any atom is -0.288 e. The van der Waals surface area contributed by atoms with Crippen LogP contribution < -0.4 is 0 Å². The molecular weight excluding hydrogens is 356 g/mol. The van der Waals surface area contributed by atoms with Crippen molar-refractivity contribution < 1.29 is 4.79 Å². The van der Waals surface area contributed by atoms with Crippen LogP contribution in [0.3, 0.4) is 0 Å². The molecule has 2 aromatic carbocycles. The van der Waals surface area contributed by atoms with Gasteiger partial charge < -0.3 is 0 Å². The van der Waals surface area contributed by atoms with Crippen LogP contribution in [0.4, 0.5) is 0 Å². The van der Waals surface area contributed by atoms with E-state index in [1.165, 1.54) is 0 Å². The van der Waals surface area contributed by atoms with E-state index in [1.807, 2.05) is 72.8 Å². The van der Waals surface area contributed by atoms with Gasteiger partial charge in [-0.25, -0.2) is 4.98 Å². The third-order valence-corrected chi connectivity index (χ3v) is 5.01. The summed E-state index contributed by atoms with van der Waals surface area (Å²) in [6.45, 7) is 0. The van der Waals surface area contributed by atoms with E-state index in [1.54, 1.807) is 6.20 Å². The first kappa shape index (κ1) is 15.9. The first-order valence-electron chi connectivity index (χ1n) is 8.59. The first-order chi connectivity index (χ1) is 13.2. The Hall–Kier alpha value is -3.30. The molecule has 2 heterocycles. The number of benzene rings is 2. The highest BCUT2D eigenvalue weighted by Crippen LogP contribution is 2.42. The maximum absolute atomic E-state index is 13.1. The molecule has 128 valence electrons. The number of ketones is 1. The lowest BCUT2D eigenvalue weighted by Gasteiger charge is -2.11. The molecule has 1 aliphatic rings. The summed E-state index contributed by atoms with van der Waals surface area (Å²) in [5.41, 5.74) is 6.19. The number of aromatic nitrogens is 2. The zero-order chi connectivity index (χ0) is 18.4. The summed E-state index contributed by atoms with van der Waals surface area (Å²) < 4.78 is 0. The van der Waals surface area contributed by atoms with E-state index >= 15 is 0 Å². The predicted molar refractivity (Wildman–Crippen MR) is 107 cm³/mol. The Balaban J connectivity index is 1.83. The minimum absolute atomic E-state index is 0.00520. The smallest absolute Gasteiger partial charge is 0.196 e. The van der Waals surface area contributed by atoms with Crippen LogP contribution in [0, 0.1) is 0 Å². The van der Waals surface area contributed by atoms with E-state index in [0.29, 0.717) is 21.8 Å². The van der Waals surface area contributed by atoms with Crippen LogP contribution in [0.5, 0.6) is 0 Å². The van der Waals surface area contributed by atoms with E-state index in [0.717, 1.165) is 28.1 Å². The molecule has 27 heavy (non-hydrogen) atoms. The van der Waals surface area contributed by atoms with Gasteiger partial charge >= 0.3 is 0 Å². The number of fused-ring (bicyclic) bond motifs is 3. The van der Waals surface area contributed by atoms with Crippen molar-refractivity contribution in [2.75, 3.05) is 0 Å². The average molecular weight is 369 g/mol. The molecule has 3 nitrogen and oxygen atoms in total. The summed E-state index contributed by atoms with van der Waals surface area (Å²) >= 11 is 6.06. The standard InChI is InChI=1S/C23H13ClN2O/c24-15-10-8-14(9-11-15)18-13-20(19-7-3-4-12-25-19)26-22-16-5-1-2-6-17(16)23(27)21(18)22/h1-13H. The maximum atomic E-state index is 13.1. The molecule has 2 aromatic heterocycles. The van der Waals surface area contributed by atoms with Gasteiger partial charge in [-0.3, -0.25) is 9.78 Å². The molecular formula is C23H13ClN2O. The van der Waals surface area contributed by atoms with E-state index in [-0.39, 0.29) is 5.78 Å². The Kier molecular flexibility index (Phi) is 3.62. The number of halogens is 1. The summed E-state index contributed by atoms with van der Waals surface area (Å²) in [6.07, 6.45) is 1.74. The number of nitrogens with zero attached hydrogens (tertiary/aromatic N) is 2. The number of pyridine rings is 2. The average Bonchev–Trinajstić information content (AvgIpc) is 3.01. The second-order valence-corrected chi connectivity index (χ2v) is 6.81. The minimum atomic E-state index is 0.00520. The van der Waals surface area contributed by atoms with Crippen molar-refractivity contribution in [3.63, 3.8) is 0 Å². The van der Waals surface area contributed by atoms with Gasteiger partial charge in [-0.05, 0) is 41.5 Å². The van der Waals surface area contributed by atoms with Gasteiger partial charge in [0.15, 0.2) is 5.78 Å². The van der Waals surface area contributed by atoms with Crippen molar-refractivity contribution in [2.45, 2.75) is 0 Å². The third-order valence-electron chi connectivity index (χ3n) is 4.76. The van der Waals surface area contributed by atoms with Crippen molar-refractivity contribution in [3.8, 4) is 33.8 Å². The van der Waals surface area contributed by atoms with Crippen molar-refractivity contribution >= 4 is 17.4 Å². The molecule has 0 saturated carbocycles.